The molecule has 0 radical (unpaired) electrons. The molecule has 4 aromatic rings. The number of carbonyl (C=O) groups excluding carboxylic acids is 1. The van der Waals surface area contributed by atoms with Gasteiger partial charge in [-0.05, 0) is 30.3 Å². The number of hydrogen-bond donors (Lipinski definition) is 2. The highest BCUT2D eigenvalue weighted by Gasteiger charge is 2.17. The van der Waals surface area contributed by atoms with Crippen LogP contribution < -0.4 is 5.32 Å². The van der Waals surface area contributed by atoms with Crippen LogP contribution in [0.15, 0.2) is 55.0 Å². The Morgan fingerprint density at radius 3 is 2.78 bits per heavy atom. The molecule has 4 rings (SSSR count). The predicted molar refractivity (Wildman–Crippen MR) is 101 cm³/mol. The SMILES string of the molecule is CC(=O)Nc1cc(-c2cc(-c3ncn[nH]3)n(-c3ccccc3Cl)n2)ccn1. The van der Waals surface area contributed by atoms with Gasteiger partial charge in [0.1, 0.15) is 17.8 Å². The van der Waals surface area contributed by atoms with E-state index in [2.05, 4.69) is 25.5 Å². The van der Waals surface area contributed by atoms with Crippen molar-refractivity contribution in [2.24, 2.45) is 0 Å². The minimum absolute atomic E-state index is 0.191. The molecule has 0 atom stereocenters. The third-order valence-electron chi connectivity index (χ3n) is 3.81. The molecule has 3 heterocycles. The van der Waals surface area contributed by atoms with E-state index in [1.54, 1.807) is 23.0 Å². The maximum Gasteiger partial charge on any atom is 0.222 e. The first kappa shape index (κ1) is 16.9. The zero-order valence-electron chi connectivity index (χ0n) is 14.2. The molecule has 0 aliphatic rings. The van der Waals surface area contributed by atoms with Crippen molar-refractivity contribution in [2.45, 2.75) is 6.92 Å². The number of rotatable bonds is 4. The molecule has 0 aliphatic heterocycles. The van der Waals surface area contributed by atoms with E-state index in [-0.39, 0.29) is 5.91 Å². The van der Waals surface area contributed by atoms with Crippen LogP contribution in [-0.2, 0) is 4.79 Å². The van der Waals surface area contributed by atoms with Gasteiger partial charge in [0.15, 0.2) is 5.82 Å². The molecule has 0 saturated heterocycles. The highest BCUT2D eigenvalue weighted by Crippen LogP contribution is 2.30. The standard InChI is InChI=1S/C18H14ClN7O/c1-11(27)23-17-8-12(6-7-20-17)14-9-16(18-21-10-22-24-18)26(25-14)15-5-3-2-4-13(15)19/h2-10H,1H3,(H,20,23,27)(H,21,22,24). The zero-order chi connectivity index (χ0) is 18.8. The summed E-state index contributed by atoms with van der Waals surface area (Å²) >= 11 is 6.37. The van der Waals surface area contributed by atoms with Crippen LogP contribution in [0.1, 0.15) is 6.92 Å². The Hall–Kier alpha value is -3.52. The molecule has 1 amide bonds. The molecule has 0 bridgehead atoms. The number of aromatic nitrogens is 6. The Kier molecular flexibility index (Phi) is 4.39. The second-order valence-electron chi connectivity index (χ2n) is 5.72. The summed E-state index contributed by atoms with van der Waals surface area (Å²) in [5.41, 5.74) is 2.89. The molecular formula is C18H14ClN7O. The summed E-state index contributed by atoms with van der Waals surface area (Å²) < 4.78 is 1.71. The maximum atomic E-state index is 11.3. The number of nitrogens with one attached hydrogen (secondary N) is 2. The first-order valence-electron chi connectivity index (χ1n) is 8.06. The van der Waals surface area contributed by atoms with Gasteiger partial charge in [0, 0.05) is 18.7 Å². The van der Waals surface area contributed by atoms with E-state index in [0.717, 1.165) is 5.56 Å². The summed E-state index contributed by atoms with van der Waals surface area (Å²) in [5, 5.41) is 14.7. The predicted octanol–water partition coefficient (Wildman–Crippen LogP) is 3.33. The van der Waals surface area contributed by atoms with Crippen LogP contribution in [0.25, 0.3) is 28.5 Å². The van der Waals surface area contributed by atoms with Gasteiger partial charge in [-0.25, -0.2) is 14.6 Å². The smallest absolute Gasteiger partial charge is 0.222 e. The lowest BCUT2D eigenvalue weighted by molar-refractivity contribution is -0.114. The van der Waals surface area contributed by atoms with Gasteiger partial charge in [-0.1, -0.05) is 23.7 Å². The second kappa shape index (κ2) is 7.00. The molecule has 1 aromatic carbocycles. The van der Waals surface area contributed by atoms with Gasteiger partial charge < -0.3 is 5.32 Å². The summed E-state index contributed by atoms with van der Waals surface area (Å²) in [6.45, 7) is 1.43. The van der Waals surface area contributed by atoms with Gasteiger partial charge in [-0.15, -0.1) is 0 Å². The molecule has 8 nitrogen and oxygen atoms in total. The second-order valence-corrected chi connectivity index (χ2v) is 6.13. The fourth-order valence-corrected chi connectivity index (χ4v) is 2.88. The quantitative estimate of drug-likeness (QED) is 0.566. The highest BCUT2D eigenvalue weighted by molar-refractivity contribution is 6.32. The number of halogens is 1. The Bertz CT molecular complexity index is 1100. The summed E-state index contributed by atoms with van der Waals surface area (Å²) in [7, 11) is 0. The number of para-hydroxylation sites is 1. The average molecular weight is 380 g/mol. The van der Waals surface area contributed by atoms with Crippen molar-refractivity contribution < 1.29 is 4.79 Å². The average Bonchev–Trinajstić information content (AvgIpc) is 3.31. The minimum Gasteiger partial charge on any atom is -0.311 e. The maximum absolute atomic E-state index is 11.3. The molecule has 0 fully saturated rings. The number of anilines is 1. The van der Waals surface area contributed by atoms with E-state index in [1.165, 1.54) is 13.3 Å². The van der Waals surface area contributed by atoms with Crippen LogP contribution in [0.5, 0.6) is 0 Å². The Morgan fingerprint density at radius 1 is 1.19 bits per heavy atom. The van der Waals surface area contributed by atoms with Crippen LogP contribution in [-0.4, -0.2) is 35.9 Å². The number of aromatic amines is 1. The van der Waals surface area contributed by atoms with Crippen LogP contribution in [0, 0.1) is 0 Å². The summed E-state index contributed by atoms with van der Waals surface area (Å²) in [6, 6.07) is 12.8. The number of hydrogen-bond acceptors (Lipinski definition) is 5. The first-order valence-corrected chi connectivity index (χ1v) is 8.44. The van der Waals surface area contributed by atoms with E-state index in [1.807, 2.05) is 30.3 Å². The molecule has 0 unspecified atom stereocenters. The van der Waals surface area contributed by atoms with Crippen molar-refractivity contribution in [3.63, 3.8) is 0 Å². The number of amides is 1. The normalized spacial score (nSPS) is 10.7. The number of carbonyl (C=O) groups is 1. The zero-order valence-corrected chi connectivity index (χ0v) is 15.0. The highest BCUT2D eigenvalue weighted by atomic mass is 35.5. The molecule has 3 aromatic heterocycles. The van der Waals surface area contributed by atoms with Crippen molar-refractivity contribution in [3.05, 3.63) is 60.0 Å². The number of nitrogens with zero attached hydrogens (tertiary/aromatic N) is 5. The summed E-state index contributed by atoms with van der Waals surface area (Å²) in [6.07, 6.45) is 3.05. The fraction of sp³-hybridized carbons (Fsp3) is 0.0556. The molecule has 134 valence electrons. The molecule has 0 spiro atoms. The van der Waals surface area contributed by atoms with E-state index >= 15 is 0 Å². The molecule has 27 heavy (non-hydrogen) atoms. The van der Waals surface area contributed by atoms with Crippen molar-refractivity contribution in [1.82, 2.24) is 29.9 Å². The number of pyridine rings is 1. The third kappa shape index (κ3) is 3.42. The van der Waals surface area contributed by atoms with Gasteiger partial charge in [0.2, 0.25) is 5.91 Å². The van der Waals surface area contributed by atoms with Gasteiger partial charge in [-0.3, -0.25) is 9.89 Å². The van der Waals surface area contributed by atoms with Crippen molar-refractivity contribution in [3.8, 4) is 28.5 Å². The van der Waals surface area contributed by atoms with Gasteiger partial charge in [0.25, 0.3) is 0 Å². The van der Waals surface area contributed by atoms with Crippen LogP contribution in [0.2, 0.25) is 5.02 Å². The van der Waals surface area contributed by atoms with Crippen molar-refractivity contribution in [1.29, 1.82) is 0 Å². The Balaban J connectivity index is 1.85. The third-order valence-corrected chi connectivity index (χ3v) is 4.13. The lowest BCUT2D eigenvalue weighted by Gasteiger charge is -2.07. The first-order chi connectivity index (χ1) is 13.1. The van der Waals surface area contributed by atoms with E-state index < -0.39 is 0 Å². The number of H-pyrrole nitrogens is 1. The van der Waals surface area contributed by atoms with Crippen molar-refractivity contribution >= 4 is 23.3 Å². The van der Waals surface area contributed by atoms with Crippen LogP contribution >= 0.6 is 11.6 Å². The van der Waals surface area contributed by atoms with Crippen molar-refractivity contribution in [2.75, 3.05) is 5.32 Å². The lowest BCUT2D eigenvalue weighted by Crippen LogP contribution is -2.07. The van der Waals surface area contributed by atoms with E-state index in [0.29, 0.717) is 33.7 Å². The summed E-state index contributed by atoms with van der Waals surface area (Å²) in [4.78, 5) is 19.7. The summed E-state index contributed by atoms with van der Waals surface area (Å²) in [5.74, 6) is 0.821. The Labute approximate surface area is 159 Å². The molecule has 9 heteroatoms. The number of benzene rings is 1. The molecule has 0 saturated carbocycles. The van der Waals surface area contributed by atoms with Gasteiger partial charge >= 0.3 is 0 Å². The fourth-order valence-electron chi connectivity index (χ4n) is 2.67. The molecule has 0 aliphatic carbocycles. The topological polar surface area (TPSA) is 101 Å². The van der Waals surface area contributed by atoms with Gasteiger partial charge in [-0.2, -0.15) is 10.2 Å². The van der Waals surface area contributed by atoms with Gasteiger partial charge in [0.05, 0.1) is 16.4 Å². The van der Waals surface area contributed by atoms with Crippen LogP contribution in [0.4, 0.5) is 5.82 Å². The lowest BCUT2D eigenvalue weighted by atomic mass is 10.2. The molecular weight excluding hydrogens is 366 g/mol. The van der Waals surface area contributed by atoms with E-state index in [4.69, 9.17) is 16.7 Å². The Morgan fingerprint density at radius 2 is 2.04 bits per heavy atom. The minimum atomic E-state index is -0.191. The monoisotopic (exact) mass is 379 g/mol. The van der Waals surface area contributed by atoms with Crippen LogP contribution in [0.3, 0.4) is 0 Å². The van der Waals surface area contributed by atoms with E-state index in [9.17, 15) is 4.79 Å². The molecule has 2 N–H and O–H groups in total. The largest absolute Gasteiger partial charge is 0.311 e.